The first kappa shape index (κ1) is 5.87. The zero-order valence-electron chi connectivity index (χ0n) is 3.67. The van der Waals surface area contributed by atoms with E-state index in [1.807, 2.05) is 5.29 Å². The molecule has 0 atom stereocenters. The van der Waals surface area contributed by atoms with Crippen LogP contribution in [0.15, 0.2) is 5.29 Å². The van der Waals surface area contributed by atoms with Crippen LogP contribution in [-0.4, -0.2) is 5.97 Å². The highest BCUT2D eigenvalue weighted by atomic mass is 16.7. The second-order valence-corrected chi connectivity index (χ2v) is 0.776. The topological polar surface area (TPSA) is 67.8 Å². The van der Waals surface area contributed by atoms with Crippen molar-refractivity contribution in [3.8, 4) is 0 Å². The van der Waals surface area contributed by atoms with Gasteiger partial charge in [0.05, 0.1) is 5.29 Å². The highest BCUT2D eigenvalue weighted by molar-refractivity contribution is 5.65. The van der Waals surface area contributed by atoms with Crippen LogP contribution in [0.5, 0.6) is 0 Å². The van der Waals surface area contributed by atoms with E-state index in [4.69, 9.17) is 4.91 Å². The number of hydrogen-bond acceptors (Lipinski definition) is 4. The molecule has 0 aromatic rings. The Morgan fingerprint density at radius 3 is 2.57 bits per heavy atom. The molecular weight excluding hydrogens is 100 g/mol. The lowest BCUT2D eigenvalue weighted by atomic mass is 10.8. The van der Waals surface area contributed by atoms with E-state index in [1.165, 1.54) is 5.59 Å². The van der Waals surface area contributed by atoms with E-state index in [2.05, 4.69) is 4.84 Å². The number of nitrogens with zero attached hydrogens (tertiary/aromatic N) is 1. The van der Waals surface area contributed by atoms with Crippen LogP contribution < -0.4 is 5.59 Å². The van der Waals surface area contributed by atoms with Crippen molar-refractivity contribution < 1.29 is 9.63 Å². The van der Waals surface area contributed by atoms with Gasteiger partial charge in [0.1, 0.15) is 0 Å². The van der Waals surface area contributed by atoms with Gasteiger partial charge in [-0.3, -0.25) is 0 Å². The van der Waals surface area contributed by atoms with Crippen molar-refractivity contribution in [2.45, 2.75) is 6.92 Å². The fourth-order valence-electron chi connectivity index (χ4n) is 0.0829. The highest BCUT2D eigenvalue weighted by Crippen LogP contribution is 1.64. The molecule has 5 heteroatoms. The number of nitroso groups, excluding NO2 is 1. The molecule has 0 aliphatic heterocycles. The molecule has 0 radical (unpaired) electrons. The third-order valence-electron chi connectivity index (χ3n) is 0.227. The Balaban J connectivity index is 2.97. The average molecular weight is 104 g/mol. The summed E-state index contributed by atoms with van der Waals surface area (Å²) in [4.78, 5) is 22.6. The summed E-state index contributed by atoms with van der Waals surface area (Å²) in [6, 6.07) is 0. The van der Waals surface area contributed by atoms with Gasteiger partial charge in [-0.1, -0.05) is 5.59 Å². The van der Waals surface area contributed by atoms with E-state index in [0.717, 1.165) is 6.92 Å². The van der Waals surface area contributed by atoms with Gasteiger partial charge in [0, 0.05) is 6.92 Å². The molecule has 0 saturated heterocycles. The molecule has 7 heavy (non-hydrogen) atoms. The Kier molecular flexibility index (Phi) is 2.58. The molecular formula is C2H4N2O3. The van der Waals surface area contributed by atoms with Gasteiger partial charge in [-0.15, -0.1) is 4.91 Å². The van der Waals surface area contributed by atoms with Crippen molar-refractivity contribution >= 4 is 5.97 Å². The van der Waals surface area contributed by atoms with Crippen LogP contribution in [0.3, 0.4) is 0 Å². The molecule has 40 valence electrons. The summed E-state index contributed by atoms with van der Waals surface area (Å²) >= 11 is 0. The average Bonchev–Trinajstić information content (AvgIpc) is 1.61. The monoisotopic (exact) mass is 104 g/mol. The molecule has 0 heterocycles. The molecule has 0 aliphatic rings. The summed E-state index contributed by atoms with van der Waals surface area (Å²) in [6.45, 7) is 1.15. The molecule has 0 saturated carbocycles. The van der Waals surface area contributed by atoms with Crippen LogP contribution >= 0.6 is 0 Å². The third-order valence-corrected chi connectivity index (χ3v) is 0.227. The van der Waals surface area contributed by atoms with Crippen LogP contribution in [0.4, 0.5) is 0 Å². The zero-order chi connectivity index (χ0) is 5.70. The summed E-state index contributed by atoms with van der Waals surface area (Å²) in [7, 11) is 0. The molecule has 0 aliphatic carbocycles. The Morgan fingerprint density at radius 2 is 2.43 bits per heavy atom. The normalized spacial score (nSPS) is 7.00. The number of carbonyl (C=O) groups is 1. The molecule has 1 N–H and O–H groups in total. The van der Waals surface area contributed by atoms with Gasteiger partial charge in [0.2, 0.25) is 0 Å². The van der Waals surface area contributed by atoms with Gasteiger partial charge in [-0.2, -0.15) is 0 Å². The highest BCUT2D eigenvalue weighted by Gasteiger charge is 1.85. The van der Waals surface area contributed by atoms with Gasteiger partial charge < -0.3 is 4.84 Å². The first-order valence-electron chi connectivity index (χ1n) is 1.52. The van der Waals surface area contributed by atoms with Crippen molar-refractivity contribution in [3.63, 3.8) is 0 Å². The van der Waals surface area contributed by atoms with Gasteiger partial charge in [0.25, 0.3) is 0 Å². The van der Waals surface area contributed by atoms with E-state index in [9.17, 15) is 4.79 Å². The Morgan fingerprint density at radius 1 is 1.86 bits per heavy atom. The predicted octanol–water partition coefficient (Wildman–Crippen LogP) is -0.265. The third kappa shape index (κ3) is 4.87. The summed E-state index contributed by atoms with van der Waals surface area (Å²) in [6.07, 6.45) is 0. The second-order valence-electron chi connectivity index (χ2n) is 0.776. The molecule has 0 rings (SSSR count). The lowest BCUT2D eigenvalue weighted by molar-refractivity contribution is -0.148. The molecule has 0 unspecified atom stereocenters. The first-order valence-corrected chi connectivity index (χ1v) is 1.52. The maximum Gasteiger partial charge on any atom is 0.331 e. The maximum atomic E-state index is 9.72. The molecule has 0 fully saturated rings. The van der Waals surface area contributed by atoms with E-state index in [-0.39, 0.29) is 0 Å². The van der Waals surface area contributed by atoms with Gasteiger partial charge in [-0.25, -0.2) is 4.79 Å². The number of nitrogens with one attached hydrogen (secondary N) is 1. The minimum atomic E-state index is -0.598. The van der Waals surface area contributed by atoms with Crippen molar-refractivity contribution in [1.82, 2.24) is 5.59 Å². The molecule has 0 aromatic heterocycles. The summed E-state index contributed by atoms with van der Waals surface area (Å²) in [5.41, 5.74) is 1.47. The molecule has 0 aromatic carbocycles. The van der Waals surface area contributed by atoms with Gasteiger partial charge >= 0.3 is 5.97 Å². The van der Waals surface area contributed by atoms with Crippen LogP contribution in [0.2, 0.25) is 0 Å². The predicted molar refractivity (Wildman–Crippen MR) is 20.7 cm³/mol. The van der Waals surface area contributed by atoms with Gasteiger partial charge in [-0.05, 0) is 0 Å². The molecule has 0 spiro atoms. The standard InChI is InChI=1S/C2H4N2O3/c1-2(5)7-4-3-6/h1H3,(H,4,6). The SMILES string of the molecule is CC(=O)ONN=O. The van der Waals surface area contributed by atoms with Crippen LogP contribution in [0.25, 0.3) is 0 Å². The van der Waals surface area contributed by atoms with Crippen molar-refractivity contribution in [2.24, 2.45) is 5.29 Å². The summed E-state index contributed by atoms with van der Waals surface area (Å²) in [5, 5.41) is 2.03. The van der Waals surface area contributed by atoms with E-state index in [0.29, 0.717) is 0 Å². The molecule has 5 nitrogen and oxygen atoms in total. The minimum Gasteiger partial charge on any atom is -0.324 e. The Hall–Kier alpha value is -1.13. The van der Waals surface area contributed by atoms with E-state index < -0.39 is 5.97 Å². The Labute approximate surface area is 39.5 Å². The lowest BCUT2D eigenvalue weighted by Gasteiger charge is -1.88. The fourth-order valence-corrected chi connectivity index (χ4v) is 0.0829. The lowest BCUT2D eigenvalue weighted by Crippen LogP contribution is -2.09. The first-order chi connectivity index (χ1) is 3.27. The van der Waals surface area contributed by atoms with Crippen LogP contribution in [0, 0.1) is 4.91 Å². The smallest absolute Gasteiger partial charge is 0.324 e. The minimum absolute atomic E-state index is 0.598. The van der Waals surface area contributed by atoms with E-state index in [1.54, 1.807) is 0 Å². The summed E-state index contributed by atoms with van der Waals surface area (Å²) < 4.78 is 0. The maximum absolute atomic E-state index is 9.72. The van der Waals surface area contributed by atoms with Crippen molar-refractivity contribution in [2.75, 3.05) is 0 Å². The van der Waals surface area contributed by atoms with Crippen molar-refractivity contribution in [1.29, 1.82) is 0 Å². The number of hydrogen-bond donors (Lipinski definition) is 1. The second kappa shape index (κ2) is 3.08. The number of rotatable bonds is 2. The van der Waals surface area contributed by atoms with Crippen LogP contribution in [-0.2, 0) is 9.63 Å². The zero-order valence-corrected chi connectivity index (χ0v) is 3.67. The summed E-state index contributed by atoms with van der Waals surface area (Å²) in [5.74, 6) is -0.598. The van der Waals surface area contributed by atoms with Gasteiger partial charge in [0.15, 0.2) is 0 Å². The van der Waals surface area contributed by atoms with E-state index >= 15 is 0 Å². The quantitative estimate of drug-likeness (QED) is 0.387. The largest absolute Gasteiger partial charge is 0.331 e. The van der Waals surface area contributed by atoms with Crippen molar-refractivity contribution in [3.05, 3.63) is 4.91 Å². The van der Waals surface area contributed by atoms with Crippen LogP contribution in [0.1, 0.15) is 6.92 Å². The fraction of sp³-hybridized carbons (Fsp3) is 0.500. The molecule has 0 bridgehead atoms. The molecule has 0 amide bonds. The Bertz CT molecular complexity index is 81.0. The number of carbonyl (C=O) groups excluding carboxylic acids is 1.